The summed E-state index contributed by atoms with van der Waals surface area (Å²) in [7, 11) is 0. The molecule has 0 N–H and O–H groups in total. The van der Waals surface area contributed by atoms with Gasteiger partial charge in [-0.25, -0.2) is 0 Å². The van der Waals surface area contributed by atoms with E-state index in [0.29, 0.717) is 22.9 Å². The van der Waals surface area contributed by atoms with Crippen molar-refractivity contribution in [2.75, 3.05) is 0 Å². The second-order valence-corrected chi connectivity index (χ2v) is 3.93. The zero-order valence-electron chi connectivity index (χ0n) is 9.06. The molecule has 0 amide bonds. The second-order valence-electron chi connectivity index (χ2n) is 3.53. The van der Waals surface area contributed by atoms with Crippen LogP contribution in [0.15, 0.2) is 48.5 Å². The van der Waals surface area contributed by atoms with Gasteiger partial charge in [0.2, 0.25) is 0 Å². The second kappa shape index (κ2) is 5.38. The van der Waals surface area contributed by atoms with Gasteiger partial charge in [-0.1, -0.05) is 41.9 Å². The van der Waals surface area contributed by atoms with Gasteiger partial charge in [-0.2, -0.15) is 5.26 Å². The number of benzene rings is 2. The summed E-state index contributed by atoms with van der Waals surface area (Å²) in [4.78, 5) is 0. The molecule has 2 aromatic rings. The standard InChI is InChI=1S/C14H10ClNO/c15-14-7-6-13(8-12(14)9-16)17-10-11-4-2-1-3-5-11/h1-8H,10H2. The van der Waals surface area contributed by atoms with Gasteiger partial charge in [0.15, 0.2) is 0 Å². The average Bonchev–Trinajstić information content (AvgIpc) is 2.39. The predicted octanol–water partition coefficient (Wildman–Crippen LogP) is 3.79. The van der Waals surface area contributed by atoms with Crippen LogP contribution in [0.2, 0.25) is 5.02 Å². The van der Waals surface area contributed by atoms with Gasteiger partial charge in [0, 0.05) is 0 Å². The molecule has 0 aliphatic rings. The molecular formula is C14H10ClNO. The van der Waals surface area contributed by atoms with Crippen molar-refractivity contribution in [2.24, 2.45) is 0 Å². The first-order valence-corrected chi connectivity index (χ1v) is 5.54. The van der Waals surface area contributed by atoms with Crippen molar-refractivity contribution in [2.45, 2.75) is 6.61 Å². The van der Waals surface area contributed by atoms with Crippen LogP contribution in [0.4, 0.5) is 0 Å². The third-order valence-corrected chi connectivity index (χ3v) is 2.64. The topological polar surface area (TPSA) is 33.0 Å². The van der Waals surface area contributed by atoms with E-state index in [9.17, 15) is 0 Å². The first-order chi connectivity index (χ1) is 8.29. The lowest BCUT2D eigenvalue weighted by Crippen LogP contribution is -1.95. The lowest BCUT2D eigenvalue weighted by Gasteiger charge is -2.06. The summed E-state index contributed by atoms with van der Waals surface area (Å²) in [6, 6.07) is 16.9. The molecule has 2 rings (SSSR count). The van der Waals surface area contributed by atoms with E-state index in [4.69, 9.17) is 21.6 Å². The van der Waals surface area contributed by atoms with E-state index in [0.717, 1.165) is 5.56 Å². The summed E-state index contributed by atoms with van der Waals surface area (Å²) in [5.74, 6) is 0.648. The third-order valence-electron chi connectivity index (χ3n) is 2.31. The van der Waals surface area contributed by atoms with E-state index >= 15 is 0 Å². The van der Waals surface area contributed by atoms with Gasteiger partial charge in [0.05, 0.1) is 10.6 Å². The molecule has 0 saturated carbocycles. The van der Waals surface area contributed by atoms with Gasteiger partial charge in [0.25, 0.3) is 0 Å². The maximum atomic E-state index is 8.84. The molecular weight excluding hydrogens is 234 g/mol. The highest BCUT2D eigenvalue weighted by Crippen LogP contribution is 2.21. The molecule has 84 valence electrons. The maximum absolute atomic E-state index is 8.84. The Morgan fingerprint density at radius 2 is 1.88 bits per heavy atom. The first-order valence-electron chi connectivity index (χ1n) is 5.16. The summed E-state index contributed by atoms with van der Waals surface area (Å²) >= 11 is 5.84. The SMILES string of the molecule is N#Cc1cc(OCc2ccccc2)ccc1Cl. The Balaban J connectivity index is 2.08. The normalized spacial score (nSPS) is 9.65. The van der Waals surface area contributed by atoms with Gasteiger partial charge >= 0.3 is 0 Å². The van der Waals surface area contributed by atoms with Gasteiger partial charge in [-0.15, -0.1) is 0 Å². The molecule has 0 atom stereocenters. The minimum Gasteiger partial charge on any atom is -0.489 e. The zero-order chi connectivity index (χ0) is 12.1. The fourth-order valence-corrected chi connectivity index (χ4v) is 1.58. The average molecular weight is 244 g/mol. The van der Waals surface area contributed by atoms with Crippen LogP contribution in [-0.4, -0.2) is 0 Å². The van der Waals surface area contributed by atoms with Crippen molar-refractivity contribution in [3.63, 3.8) is 0 Å². The number of hydrogen-bond donors (Lipinski definition) is 0. The number of nitrogens with zero attached hydrogens (tertiary/aromatic N) is 1. The van der Waals surface area contributed by atoms with Crippen LogP contribution in [0, 0.1) is 11.3 Å². The van der Waals surface area contributed by atoms with Gasteiger partial charge in [-0.3, -0.25) is 0 Å². The molecule has 0 fully saturated rings. The molecule has 2 aromatic carbocycles. The Morgan fingerprint density at radius 3 is 2.59 bits per heavy atom. The van der Waals surface area contributed by atoms with E-state index in [1.165, 1.54) is 0 Å². The van der Waals surface area contributed by atoms with E-state index in [2.05, 4.69) is 0 Å². The molecule has 0 heterocycles. The molecule has 0 aliphatic carbocycles. The Hall–Kier alpha value is -1.98. The molecule has 0 radical (unpaired) electrons. The number of hydrogen-bond acceptors (Lipinski definition) is 2. The minimum atomic E-state index is 0.428. The summed E-state index contributed by atoms with van der Waals surface area (Å²) in [6.45, 7) is 0.480. The van der Waals surface area contributed by atoms with Gasteiger partial charge in [0.1, 0.15) is 18.4 Å². The molecule has 2 nitrogen and oxygen atoms in total. The number of halogens is 1. The first kappa shape index (κ1) is 11.5. The monoisotopic (exact) mass is 243 g/mol. The van der Waals surface area contributed by atoms with E-state index < -0.39 is 0 Å². The highest BCUT2D eigenvalue weighted by Gasteiger charge is 2.02. The van der Waals surface area contributed by atoms with Crippen LogP contribution in [0.25, 0.3) is 0 Å². The minimum absolute atomic E-state index is 0.428. The third kappa shape index (κ3) is 2.99. The van der Waals surface area contributed by atoms with Crippen molar-refractivity contribution in [3.05, 3.63) is 64.7 Å². The molecule has 0 aromatic heterocycles. The van der Waals surface area contributed by atoms with Crippen LogP contribution in [-0.2, 0) is 6.61 Å². The Morgan fingerprint density at radius 1 is 1.12 bits per heavy atom. The van der Waals surface area contributed by atoms with Crippen LogP contribution in [0.5, 0.6) is 5.75 Å². The highest BCUT2D eigenvalue weighted by molar-refractivity contribution is 6.31. The Bertz CT molecular complexity index is 546. The molecule has 0 saturated heterocycles. The molecule has 3 heteroatoms. The summed E-state index contributed by atoms with van der Waals surface area (Å²) in [5, 5.41) is 9.28. The fourth-order valence-electron chi connectivity index (χ4n) is 1.42. The molecule has 0 unspecified atom stereocenters. The van der Waals surface area contributed by atoms with Crippen molar-refractivity contribution in [3.8, 4) is 11.8 Å². The van der Waals surface area contributed by atoms with E-state index in [1.807, 2.05) is 36.4 Å². The Kier molecular flexibility index (Phi) is 3.64. The van der Waals surface area contributed by atoms with Crippen molar-refractivity contribution in [1.82, 2.24) is 0 Å². The summed E-state index contributed by atoms with van der Waals surface area (Å²) in [6.07, 6.45) is 0. The molecule has 0 spiro atoms. The van der Waals surface area contributed by atoms with Crippen molar-refractivity contribution < 1.29 is 4.74 Å². The lowest BCUT2D eigenvalue weighted by atomic mass is 10.2. The predicted molar refractivity (Wildman–Crippen MR) is 66.9 cm³/mol. The molecule has 17 heavy (non-hydrogen) atoms. The zero-order valence-corrected chi connectivity index (χ0v) is 9.82. The van der Waals surface area contributed by atoms with Crippen LogP contribution < -0.4 is 4.74 Å². The van der Waals surface area contributed by atoms with Crippen LogP contribution in [0.1, 0.15) is 11.1 Å². The van der Waals surface area contributed by atoms with Crippen molar-refractivity contribution in [1.29, 1.82) is 5.26 Å². The number of nitriles is 1. The van der Waals surface area contributed by atoms with E-state index in [1.54, 1.807) is 18.2 Å². The Labute approximate surface area is 105 Å². The maximum Gasteiger partial charge on any atom is 0.121 e. The molecule has 0 aliphatic heterocycles. The smallest absolute Gasteiger partial charge is 0.121 e. The lowest BCUT2D eigenvalue weighted by molar-refractivity contribution is 0.306. The quantitative estimate of drug-likeness (QED) is 0.822. The molecule has 0 bridgehead atoms. The number of rotatable bonds is 3. The van der Waals surface area contributed by atoms with Gasteiger partial charge in [-0.05, 0) is 23.8 Å². The van der Waals surface area contributed by atoms with E-state index in [-0.39, 0.29) is 0 Å². The summed E-state index contributed by atoms with van der Waals surface area (Å²) < 4.78 is 5.58. The number of ether oxygens (including phenoxy) is 1. The van der Waals surface area contributed by atoms with Crippen LogP contribution in [0.3, 0.4) is 0 Å². The van der Waals surface area contributed by atoms with Gasteiger partial charge < -0.3 is 4.74 Å². The van der Waals surface area contributed by atoms with Crippen LogP contribution >= 0.6 is 11.6 Å². The van der Waals surface area contributed by atoms with Crippen molar-refractivity contribution >= 4 is 11.6 Å². The largest absolute Gasteiger partial charge is 0.489 e. The summed E-state index contributed by atoms with van der Waals surface area (Å²) in [5.41, 5.74) is 1.51. The fraction of sp³-hybridized carbons (Fsp3) is 0.0714. The highest BCUT2D eigenvalue weighted by atomic mass is 35.5.